The van der Waals surface area contributed by atoms with Gasteiger partial charge in [-0.3, -0.25) is 4.79 Å². The number of benzene rings is 1. The van der Waals surface area contributed by atoms with Gasteiger partial charge in [-0.1, -0.05) is 0 Å². The van der Waals surface area contributed by atoms with E-state index in [-0.39, 0.29) is 29.9 Å². The number of aromatic nitrogens is 2. The number of hydrogen-bond donors (Lipinski definition) is 2. The molecular formula is C20H22N4O4. The zero-order chi connectivity index (χ0) is 20.1. The Morgan fingerprint density at radius 2 is 2.04 bits per heavy atom. The van der Waals surface area contributed by atoms with Gasteiger partial charge in [0.15, 0.2) is 0 Å². The van der Waals surface area contributed by atoms with Crippen LogP contribution in [0.5, 0.6) is 0 Å². The minimum Gasteiger partial charge on any atom is -0.469 e. The summed E-state index contributed by atoms with van der Waals surface area (Å²) in [6.45, 7) is 3.89. The van der Waals surface area contributed by atoms with Crippen LogP contribution in [0.3, 0.4) is 0 Å². The lowest BCUT2D eigenvalue weighted by atomic mass is 10.1. The third-order valence-electron chi connectivity index (χ3n) is 4.14. The Balaban J connectivity index is 1.68. The van der Waals surface area contributed by atoms with E-state index in [1.807, 2.05) is 19.1 Å². The van der Waals surface area contributed by atoms with Crippen LogP contribution >= 0.6 is 0 Å². The standard InChI is InChI=1S/C20H22N4O4/c1-3-27-20(26)17-12-22-24(18(17)21)15-8-6-14(7-9-15)19(25)23-13(2)11-16-5-4-10-28-16/h4-10,12-13H,3,11,21H2,1-2H3,(H,23,25)/t13-/m1/s1. The predicted octanol–water partition coefficient (Wildman–Crippen LogP) is 2.59. The fourth-order valence-corrected chi connectivity index (χ4v) is 2.77. The average Bonchev–Trinajstić information content (AvgIpc) is 3.31. The molecule has 0 fully saturated rings. The second kappa shape index (κ2) is 8.43. The van der Waals surface area contributed by atoms with Crippen LogP contribution in [0, 0.1) is 0 Å². The normalized spacial score (nSPS) is 11.8. The number of carbonyl (C=O) groups is 2. The third kappa shape index (κ3) is 4.22. The van der Waals surface area contributed by atoms with Gasteiger partial charge in [0.25, 0.3) is 5.91 Å². The van der Waals surface area contributed by atoms with Gasteiger partial charge in [0.2, 0.25) is 0 Å². The summed E-state index contributed by atoms with van der Waals surface area (Å²) in [5, 5.41) is 7.06. The second-order valence-electron chi connectivity index (χ2n) is 6.28. The molecule has 0 spiro atoms. The fourth-order valence-electron chi connectivity index (χ4n) is 2.77. The Morgan fingerprint density at radius 3 is 2.68 bits per heavy atom. The van der Waals surface area contributed by atoms with Crippen molar-refractivity contribution in [2.75, 3.05) is 12.3 Å². The second-order valence-corrected chi connectivity index (χ2v) is 6.28. The first-order valence-electron chi connectivity index (χ1n) is 8.94. The van der Waals surface area contributed by atoms with Crippen molar-refractivity contribution in [2.24, 2.45) is 0 Å². The summed E-state index contributed by atoms with van der Waals surface area (Å²) >= 11 is 0. The minimum absolute atomic E-state index is 0.0766. The van der Waals surface area contributed by atoms with Gasteiger partial charge in [0, 0.05) is 18.0 Å². The number of nitrogen functional groups attached to an aromatic ring is 1. The Hall–Kier alpha value is -3.55. The molecule has 0 aliphatic carbocycles. The van der Waals surface area contributed by atoms with Crippen molar-refractivity contribution in [1.82, 2.24) is 15.1 Å². The average molecular weight is 382 g/mol. The van der Waals surface area contributed by atoms with E-state index in [1.165, 1.54) is 10.9 Å². The molecule has 0 aliphatic heterocycles. The number of anilines is 1. The summed E-state index contributed by atoms with van der Waals surface area (Å²) in [5.41, 5.74) is 7.35. The van der Waals surface area contributed by atoms with Gasteiger partial charge < -0.3 is 20.2 Å². The van der Waals surface area contributed by atoms with E-state index in [0.29, 0.717) is 17.7 Å². The molecule has 3 N–H and O–H groups in total. The molecule has 3 rings (SSSR count). The van der Waals surface area contributed by atoms with Crippen LogP contribution in [0.2, 0.25) is 0 Å². The lowest BCUT2D eigenvalue weighted by Crippen LogP contribution is -2.33. The van der Waals surface area contributed by atoms with Crippen LogP contribution in [-0.2, 0) is 11.2 Å². The molecule has 0 saturated heterocycles. The zero-order valence-corrected chi connectivity index (χ0v) is 15.7. The molecule has 28 heavy (non-hydrogen) atoms. The molecule has 3 aromatic rings. The molecule has 8 heteroatoms. The van der Waals surface area contributed by atoms with Crippen LogP contribution in [-0.4, -0.2) is 34.3 Å². The van der Waals surface area contributed by atoms with E-state index in [2.05, 4.69) is 10.4 Å². The van der Waals surface area contributed by atoms with Crippen molar-refractivity contribution in [3.05, 3.63) is 65.7 Å². The number of furan rings is 1. The first-order valence-corrected chi connectivity index (χ1v) is 8.94. The molecule has 2 aromatic heterocycles. The molecule has 146 valence electrons. The van der Waals surface area contributed by atoms with E-state index in [4.69, 9.17) is 14.9 Å². The van der Waals surface area contributed by atoms with Gasteiger partial charge in [-0.05, 0) is 50.2 Å². The number of ether oxygens (including phenoxy) is 1. The van der Waals surface area contributed by atoms with Crippen LogP contribution in [0.25, 0.3) is 5.69 Å². The number of nitrogens with two attached hydrogens (primary N) is 1. The largest absolute Gasteiger partial charge is 0.469 e. The van der Waals surface area contributed by atoms with Gasteiger partial charge in [0.05, 0.1) is 24.8 Å². The Kier molecular flexibility index (Phi) is 5.78. The molecule has 1 atom stereocenters. The van der Waals surface area contributed by atoms with Crippen LogP contribution < -0.4 is 11.1 Å². The van der Waals surface area contributed by atoms with Gasteiger partial charge >= 0.3 is 5.97 Å². The molecule has 0 bridgehead atoms. The highest BCUT2D eigenvalue weighted by atomic mass is 16.5. The van der Waals surface area contributed by atoms with Crippen molar-refractivity contribution < 1.29 is 18.7 Å². The summed E-state index contributed by atoms with van der Waals surface area (Å²) in [5.74, 6) is 0.288. The van der Waals surface area contributed by atoms with E-state index >= 15 is 0 Å². The first-order chi connectivity index (χ1) is 13.5. The van der Waals surface area contributed by atoms with E-state index in [0.717, 1.165) is 5.76 Å². The molecule has 2 heterocycles. The summed E-state index contributed by atoms with van der Waals surface area (Å²) in [4.78, 5) is 24.3. The number of hydrogen-bond acceptors (Lipinski definition) is 6. The molecular weight excluding hydrogens is 360 g/mol. The highest BCUT2D eigenvalue weighted by Crippen LogP contribution is 2.18. The number of rotatable bonds is 7. The summed E-state index contributed by atoms with van der Waals surface area (Å²) in [6.07, 6.45) is 3.58. The topological polar surface area (TPSA) is 112 Å². The van der Waals surface area contributed by atoms with Gasteiger partial charge in [-0.2, -0.15) is 5.10 Å². The van der Waals surface area contributed by atoms with Crippen molar-refractivity contribution >= 4 is 17.7 Å². The third-order valence-corrected chi connectivity index (χ3v) is 4.14. The van der Waals surface area contributed by atoms with Crippen molar-refractivity contribution in [1.29, 1.82) is 0 Å². The maximum atomic E-state index is 12.4. The van der Waals surface area contributed by atoms with Gasteiger partial charge in [-0.25, -0.2) is 9.48 Å². The maximum absolute atomic E-state index is 12.4. The fraction of sp³-hybridized carbons (Fsp3) is 0.250. The Bertz CT molecular complexity index is 945. The number of amides is 1. The maximum Gasteiger partial charge on any atom is 0.343 e. The van der Waals surface area contributed by atoms with E-state index < -0.39 is 5.97 Å². The summed E-state index contributed by atoms with van der Waals surface area (Å²) in [6, 6.07) is 10.4. The van der Waals surface area contributed by atoms with Crippen LogP contribution in [0.1, 0.15) is 40.3 Å². The van der Waals surface area contributed by atoms with Crippen LogP contribution in [0.15, 0.2) is 53.3 Å². The SMILES string of the molecule is CCOC(=O)c1cnn(-c2ccc(C(=O)N[C@H](C)Cc3ccco3)cc2)c1N. The van der Waals surface area contributed by atoms with Gasteiger partial charge in [0.1, 0.15) is 17.1 Å². The number of esters is 1. The van der Waals surface area contributed by atoms with Crippen molar-refractivity contribution in [3.8, 4) is 5.69 Å². The number of nitrogens with zero attached hydrogens (tertiary/aromatic N) is 2. The molecule has 0 saturated carbocycles. The minimum atomic E-state index is -0.521. The molecule has 0 unspecified atom stereocenters. The van der Waals surface area contributed by atoms with E-state index in [9.17, 15) is 9.59 Å². The molecule has 0 radical (unpaired) electrons. The number of nitrogens with one attached hydrogen (secondary N) is 1. The van der Waals surface area contributed by atoms with Crippen molar-refractivity contribution in [2.45, 2.75) is 26.3 Å². The highest BCUT2D eigenvalue weighted by Gasteiger charge is 2.17. The Morgan fingerprint density at radius 1 is 1.29 bits per heavy atom. The molecule has 1 amide bonds. The lowest BCUT2D eigenvalue weighted by molar-refractivity contribution is 0.0527. The number of carbonyl (C=O) groups excluding carboxylic acids is 2. The zero-order valence-electron chi connectivity index (χ0n) is 15.7. The lowest BCUT2D eigenvalue weighted by Gasteiger charge is -2.13. The van der Waals surface area contributed by atoms with Crippen molar-refractivity contribution in [3.63, 3.8) is 0 Å². The quantitative estimate of drug-likeness (QED) is 0.608. The smallest absolute Gasteiger partial charge is 0.343 e. The molecule has 1 aromatic carbocycles. The summed E-state index contributed by atoms with van der Waals surface area (Å²) < 4.78 is 11.7. The summed E-state index contributed by atoms with van der Waals surface area (Å²) in [7, 11) is 0. The highest BCUT2D eigenvalue weighted by molar-refractivity contribution is 5.95. The van der Waals surface area contributed by atoms with Gasteiger partial charge in [-0.15, -0.1) is 0 Å². The predicted molar refractivity (Wildman–Crippen MR) is 103 cm³/mol. The molecule has 8 nitrogen and oxygen atoms in total. The monoisotopic (exact) mass is 382 g/mol. The first kappa shape index (κ1) is 19.2. The Labute approximate surface area is 162 Å². The van der Waals surface area contributed by atoms with Crippen LogP contribution in [0.4, 0.5) is 5.82 Å². The molecule has 0 aliphatic rings. The van der Waals surface area contributed by atoms with E-state index in [1.54, 1.807) is 37.5 Å².